The number of ether oxygens (including phenoxy) is 2. The lowest BCUT2D eigenvalue weighted by molar-refractivity contribution is -0.116. The highest BCUT2D eigenvalue weighted by Crippen LogP contribution is 2.31. The third-order valence-corrected chi connectivity index (χ3v) is 9.59. The van der Waals surface area contributed by atoms with Gasteiger partial charge in [-0.15, -0.1) is 6.58 Å². The molecule has 0 radical (unpaired) electrons. The maximum Gasteiger partial charge on any atom is 0.272 e. The maximum absolute atomic E-state index is 10.5. The van der Waals surface area contributed by atoms with E-state index in [-0.39, 0.29) is 6.10 Å². The Hall–Kier alpha value is -0.200. The van der Waals surface area contributed by atoms with E-state index in [4.69, 9.17) is 9.47 Å². The normalized spacial score (nSPS) is 14.3. The van der Waals surface area contributed by atoms with Crippen LogP contribution in [0, 0.1) is 5.92 Å². The van der Waals surface area contributed by atoms with E-state index in [1.807, 2.05) is 17.8 Å². The second-order valence-corrected chi connectivity index (χ2v) is 14.4. The molecule has 1 aliphatic heterocycles. The van der Waals surface area contributed by atoms with E-state index in [1.54, 1.807) is 6.92 Å². The zero-order chi connectivity index (χ0) is 33.4. The fourth-order valence-electron chi connectivity index (χ4n) is 2.72. The molecule has 0 aromatic rings. The fraction of sp³-hybridized carbons (Fsp3) is 0.865. The van der Waals surface area contributed by atoms with Crippen LogP contribution in [0.3, 0.4) is 0 Å². The van der Waals surface area contributed by atoms with Crippen LogP contribution in [0.5, 0.6) is 0 Å². The predicted octanol–water partition coefficient (Wildman–Crippen LogP) is 13.0. The van der Waals surface area contributed by atoms with Crippen molar-refractivity contribution in [2.75, 3.05) is 41.1 Å². The van der Waals surface area contributed by atoms with Crippen molar-refractivity contribution >= 4 is 41.1 Å². The second kappa shape index (κ2) is 46.2. The highest BCUT2D eigenvalue weighted by molar-refractivity contribution is 7.99. The zero-order valence-corrected chi connectivity index (χ0v) is 32.9. The number of ketones is 1. The van der Waals surface area contributed by atoms with Crippen LogP contribution in [-0.4, -0.2) is 53.0 Å². The molecule has 0 aromatic carbocycles. The van der Waals surface area contributed by atoms with E-state index >= 15 is 0 Å². The van der Waals surface area contributed by atoms with E-state index in [9.17, 15) is 4.79 Å². The van der Waals surface area contributed by atoms with Crippen LogP contribution in [0.2, 0.25) is 0 Å². The van der Waals surface area contributed by atoms with Crippen LogP contribution in [-0.2, 0) is 14.3 Å². The van der Waals surface area contributed by atoms with Crippen molar-refractivity contribution in [1.29, 1.82) is 0 Å². The van der Waals surface area contributed by atoms with Crippen molar-refractivity contribution in [3.8, 4) is 0 Å². The molecule has 260 valence electrons. The Labute approximate surface area is 284 Å². The van der Waals surface area contributed by atoms with E-state index in [1.165, 1.54) is 99.4 Å². The molecular weight excluding hydrogens is 589 g/mol. The van der Waals surface area contributed by atoms with Gasteiger partial charge in [0.05, 0.1) is 0 Å². The van der Waals surface area contributed by atoms with Gasteiger partial charge in [-0.25, -0.2) is 0 Å². The summed E-state index contributed by atoms with van der Waals surface area (Å²) < 4.78 is 10.0. The van der Waals surface area contributed by atoms with Crippen LogP contribution >= 0.6 is 35.3 Å². The van der Waals surface area contributed by atoms with Crippen LogP contribution in [0.15, 0.2) is 25.2 Å². The van der Waals surface area contributed by atoms with Gasteiger partial charge in [-0.2, -0.15) is 35.3 Å². The number of carbonyl (C=O) groups excluding carboxylic acids is 1. The molecule has 0 N–H and O–H groups in total. The van der Waals surface area contributed by atoms with Gasteiger partial charge >= 0.3 is 0 Å². The van der Waals surface area contributed by atoms with Crippen molar-refractivity contribution in [1.82, 2.24) is 0 Å². The van der Waals surface area contributed by atoms with Crippen LogP contribution in [0.25, 0.3) is 0 Å². The number of allylic oxidation sites excluding steroid dienone is 1. The Balaban J connectivity index is -0.000000216. The molecule has 2 aliphatic rings. The molecule has 0 amide bonds. The lowest BCUT2D eigenvalue weighted by atomic mass is 10.3. The Bertz CT molecular complexity index is 515. The topological polar surface area (TPSA) is 35.5 Å². The maximum atomic E-state index is 10.5. The molecule has 43 heavy (non-hydrogen) atoms. The summed E-state index contributed by atoms with van der Waals surface area (Å²) in [6.45, 7) is 26.8. The molecule has 2 rings (SSSR count). The minimum Gasteiger partial charge on any atom is -0.462 e. The van der Waals surface area contributed by atoms with Gasteiger partial charge in [0.2, 0.25) is 0 Å². The molecule has 1 atom stereocenters. The van der Waals surface area contributed by atoms with Gasteiger partial charge in [0.1, 0.15) is 18.5 Å². The molecule has 3 nitrogen and oxygen atoms in total. The number of hydrogen-bond donors (Lipinski definition) is 0. The summed E-state index contributed by atoms with van der Waals surface area (Å²) in [7, 11) is 0. The summed E-state index contributed by atoms with van der Waals surface area (Å²) in [5.41, 5.74) is 0. The molecule has 0 aromatic heterocycles. The number of thioether (sulfide) groups is 3. The monoisotopic (exact) mass is 664 g/mol. The molecule has 0 bridgehead atoms. The van der Waals surface area contributed by atoms with Crippen LogP contribution in [0.4, 0.5) is 0 Å². The van der Waals surface area contributed by atoms with Crippen molar-refractivity contribution < 1.29 is 14.3 Å². The number of carbonyl (C=O) groups is 1. The van der Waals surface area contributed by atoms with Gasteiger partial charge in [-0.1, -0.05) is 100.0 Å². The first-order chi connectivity index (χ1) is 20.8. The Morgan fingerprint density at radius 2 is 1.19 bits per heavy atom. The third-order valence-electron chi connectivity index (χ3n) is 5.97. The Morgan fingerprint density at radius 1 is 0.744 bits per heavy atom. The molecular formula is C37H76O3S3. The molecule has 1 heterocycles. The number of Topliss-reactive ketones (excluding diaryl/α,β-unsaturated/α-hetero) is 1. The van der Waals surface area contributed by atoms with Crippen molar-refractivity contribution in [2.24, 2.45) is 5.92 Å². The average molecular weight is 665 g/mol. The first kappa shape index (κ1) is 49.7. The summed E-state index contributed by atoms with van der Waals surface area (Å²) in [5.74, 6) is 9.56. The molecule has 0 spiro atoms. The minimum absolute atomic E-state index is 0.252. The second-order valence-electron chi connectivity index (χ2n) is 10.7. The largest absolute Gasteiger partial charge is 0.462 e. The highest BCUT2D eigenvalue weighted by Gasteiger charge is 2.17. The number of rotatable bonds is 19. The minimum atomic E-state index is 0.252. The van der Waals surface area contributed by atoms with E-state index in [0.717, 1.165) is 30.9 Å². The molecule has 2 fully saturated rings. The summed E-state index contributed by atoms with van der Waals surface area (Å²) in [5, 5.41) is 0. The third kappa shape index (κ3) is 58.0. The van der Waals surface area contributed by atoms with Gasteiger partial charge in [0.25, 0.3) is 5.95 Å². The molecule has 1 unspecified atom stereocenters. The summed E-state index contributed by atoms with van der Waals surface area (Å²) in [6.07, 6.45) is 20.1. The summed E-state index contributed by atoms with van der Waals surface area (Å²) in [4.78, 5) is 10.5. The summed E-state index contributed by atoms with van der Waals surface area (Å²) in [6, 6.07) is 0. The fourth-order valence-corrected chi connectivity index (χ4v) is 5.82. The lowest BCUT2D eigenvalue weighted by Crippen LogP contribution is -2.05. The Morgan fingerprint density at radius 3 is 1.40 bits per heavy atom. The first-order valence-electron chi connectivity index (χ1n) is 17.6. The Kier molecular flexibility index (Phi) is 53.4. The standard InChI is InChI=1S/C8H16OS.2C7H16S.C6H10O2.C5H10.C4H8/c1-3-4-6-10-7-5-8(2)9;2*1-3-5-7-8-6-4-2;1-3-6-4-7-5(2)8-6;1-2-5-3-4-5;1-3-4-2/h3-7H2,1-2H3;2*3-7H2,1-2H3;6H,2-4H2,1H3;5H,2-4H2,1H3;3H,1,4H2,2H3. The van der Waals surface area contributed by atoms with Gasteiger partial charge in [0, 0.05) is 12.2 Å². The van der Waals surface area contributed by atoms with E-state index in [0.29, 0.717) is 18.3 Å². The predicted molar refractivity (Wildman–Crippen MR) is 206 cm³/mol. The smallest absolute Gasteiger partial charge is 0.272 e. The average Bonchev–Trinajstić information content (AvgIpc) is 3.77. The van der Waals surface area contributed by atoms with Gasteiger partial charge in [-0.05, 0) is 93.1 Å². The van der Waals surface area contributed by atoms with E-state index in [2.05, 4.69) is 92.1 Å². The lowest BCUT2D eigenvalue weighted by Gasteiger charge is -1.99. The molecule has 6 heteroatoms. The van der Waals surface area contributed by atoms with Crippen molar-refractivity contribution in [3.63, 3.8) is 0 Å². The number of unbranched alkanes of at least 4 members (excludes halogenated alkanes) is 3. The van der Waals surface area contributed by atoms with Crippen molar-refractivity contribution in [2.45, 2.75) is 158 Å². The quantitative estimate of drug-likeness (QED) is 0.101. The number of hydrogen-bond acceptors (Lipinski definition) is 6. The van der Waals surface area contributed by atoms with Gasteiger partial charge < -0.3 is 9.47 Å². The first-order valence-corrected chi connectivity index (χ1v) is 21.1. The molecule has 1 saturated carbocycles. The summed E-state index contributed by atoms with van der Waals surface area (Å²) >= 11 is 6.04. The zero-order valence-electron chi connectivity index (χ0n) is 30.4. The molecule has 1 saturated heterocycles. The molecule has 1 aliphatic carbocycles. The van der Waals surface area contributed by atoms with Gasteiger partial charge in [-0.3, -0.25) is 4.79 Å². The van der Waals surface area contributed by atoms with Gasteiger partial charge in [0.15, 0.2) is 0 Å². The van der Waals surface area contributed by atoms with Crippen molar-refractivity contribution in [3.05, 3.63) is 25.2 Å². The van der Waals surface area contributed by atoms with Crippen LogP contribution < -0.4 is 0 Å². The highest BCUT2D eigenvalue weighted by atomic mass is 32.2. The van der Waals surface area contributed by atoms with E-state index < -0.39 is 0 Å². The van der Waals surface area contributed by atoms with Crippen LogP contribution in [0.1, 0.15) is 152 Å². The SMILES string of the molecule is C=C1OCC(CC)O1.C=CCC.CCC1CC1.CCCCSCCC.CCCCSCCC.CCCCSCCC(C)=O.